The molecule has 1 fully saturated rings. The van der Waals surface area contributed by atoms with E-state index in [-0.39, 0.29) is 22.6 Å². The van der Waals surface area contributed by atoms with Gasteiger partial charge in [-0.25, -0.2) is 18.1 Å². The summed E-state index contributed by atoms with van der Waals surface area (Å²) >= 11 is 5.71. The van der Waals surface area contributed by atoms with Crippen molar-refractivity contribution in [3.8, 4) is 0 Å². The molecule has 24 heavy (non-hydrogen) atoms. The Morgan fingerprint density at radius 2 is 2.04 bits per heavy atom. The van der Waals surface area contributed by atoms with Crippen LogP contribution in [0.15, 0.2) is 46.0 Å². The number of halogens is 1. The van der Waals surface area contributed by atoms with Crippen LogP contribution in [-0.2, 0) is 10.0 Å². The zero-order valence-electron chi connectivity index (χ0n) is 13.2. The standard InChI is InChI=1S/C16H20ClN3O3S/c17-16-7-6-13(11-18-16)24(21,22)19-12-14(15-5-4-10-23-15)20-8-2-1-3-9-20/h4-7,10-11,14,19H,1-3,8-9,12H2. The van der Waals surface area contributed by atoms with E-state index < -0.39 is 10.0 Å². The second-order valence-electron chi connectivity index (χ2n) is 5.80. The average Bonchev–Trinajstić information content (AvgIpc) is 3.11. The van der Waals surface area contributed by atoms with Crippen LogP contribution in [0.5, 0.6) is 0 Å². The largest absolute Gasteiger partial charge is 0.468 e. The summed E-state index contributed by atoms with van der Waals surface area (Å²) < 4.78 is 33.1. The van der Waals surface area contributed by atoms with E-state index >= 15 is 0 Å². The van der Waals surface area contributed by atoms with Crippen LogP contribution >= 0.6 is 11.6 Å². The van der Waals surface area contributed by atoms with E-state index in [1.54, 1.807) is 6.26 Å². The van der Waals surface area contributed by atoms with Crippen LogP contribution in [0, 0.1) is 0 Å². The molecule has 0 aliphatic carbocycles. The maximum atomic E-state index is 12.5. The van der Waals surface area contributed by atoms with Crippen molar-refractivity contribution in [2.24, 2.45) is 0 Å². The number of likely N-dealkylation sites (tertiary alicyclic amines) is 1. The van der Waals surface area contributed by atoms with Crippen LogP contribution in [0.1, 0.15) is 31.1 Å². The molecule has 2 aromatic heterocycles. The third-order valence-electron chi connectivity index (χ3n) is 4.18. The molecule has 3 rings (SSSR count). The predicted octanol–water partition coefficient (Wildman–Crippen LogP) is 2.83. The minimum Gasteiger partial charge on any atom is -0.468 e. The molecule has 0 bridgehead atoms. The van der Waals surface area contributed by atoms with Crippen molar-refractivity contribution in [2.45, 2.75) is 30.2 Å². The first-order chi connectivity index (χ1) is 11.6. The van der Waals surface area contributed by atoms with Crippen molar-refractivity contribution in [1.29, 1.82) is 0 Å². The van der Waals surface area contributed by atoms with Crippen molar-refractivity contribution < 1.29 is 12.8 Å². The molecule has 1 N–H and O–H groups in total. The van der Waals surface area contributed by atoms with Crippen LogP contribution < -0.4 is 4.72 Å². The molecule has 130 valence electrons. The number of rotatable bonds is 6. The first kappa shape index (κ1) is 17.4. The third-order valence-corrected chi connectivity index (χ3v) is 5.81. The molecule has 1 unspecified atom stereocenters. The normalized spacial score (nSPS) is 17.7. The van der Waals surface area contributed by atoms with Gasteiger partial charge in [0.25, 0.3) is 0 Å². The van der Waals surface area contributed by atoms with E-state index in [4.69, 9.17) is 16.0 Å². The number of hydrogen-bond donors (Lipinski definition) is 1. The maximum Gasteiger partial charge on any atom is 0.242 e. The van der Waals surface area contributed by atoms with Gasteiger partial charge in [0.1, 0.15) is 15.8 Å². The molecule has 1 aliphatic heterocycles. The van der Waals surface area contributed by atoms with Gasteiger partial charge in [-0.15, -0.1) is 0 Å². The van der Waals surface area contributed by atoms with Crippen molar-refractivity contribution in [3.63, 3.8) is 0 Å². The summed E-state index contributed by atoms with van der Waals surface area (Å²) in [5, 5.41) is 0.260. The second-order valence-corrected chi connectivity index (χ2v) is 7.95. The highest BCUT2D eigenvalue weighted by molar-refractivity contribution is 7.89. The lowest BCUT2D eigenvalue weighted by atomic mass is 10.1. The summed E-state index contributed by atoms with van der Waals surface area (Å²) in [5.74, 6) is 0.772. The Labute approximate surface area is 146 Å². The number of pyridine rings is 1. The highest BCUT2D eigenvalue weighted by Crippen LogP contribution is 2.25. The smallest absolute Gasteiger partial charge is 0.242 e. The van der Waals surface area contributed by atoms with E-state index in [2.05, 4.69) is 14.6 Å². The van der Waals surface area contributed by atoms with Crippen LogP contribution in [0.4, 0.5) is 0 Å². The topological polar surface area (TPSA) is 75.4 Å². The summed E-state index contributed by atoms with van der Waals surface area (Å²) in [5.41, 5.74) is 0. The maximum absolute atomic E-state index is 12.5. The number of piperidine rings is 1. The molecule has 6 nitrogen and oxygen atoms in total. The number of nitrogens with zero attached hydrogens (tertiary/aromatic N) is 2. The Morgan fingerprint density at radius 3 is 2.67 bits per heavy atom. The first-order valence-electron chi connectivity index (χ1n) is 7.95. The minimum absolute atomic E-state index is 0.101. The van der Waals surface area contributed by atoms with Gasteiger partial charge in [-0.3, -0.25) is 4.90 Å². The summed E-state index contributed by atoms with van der Waals surface area (Å²) in [7, 11) is -3.64. The SMILES string of the molecule is O=S(=O)(NCC(c1ccco1)N1CCCCC1)c1ccc(Cl)nc1. The molecule has 0 spiro atoms. The highest BCUT2D eigenvalue weighted by Gasteiger charge is 2.26. The van der Waals surface area contributed by atoms with Crippen LogP contribution in [0.3, 0.4) is 0 Å². The molecule has 1 aliphatic rings. The van der Waals surface area contributed by atoms with Crippen molar-refractivity contribution >= 4 is 21.6 Å². The quantitative estimate of drug-likeness (QED) is 0.792. The first-order valence-corrected chi connectivity index (χ1v) is 9.81. The summed E-state index contributed by atoms with van der Waals surface area (Å²) in [6.45, 7) is 2.13. The molecule has 8 heteroatoms. The minimum atomic E-state index is -3.64. The molecular weight excluding hydrogens is 350 g/mol. The average molecular weight is 370 g/mol. The third kappa shape index (κ3) is 4.16. The summed E-state index contributed by atoms with van der Waals surface area (Å²) in [6.07, 6.45) is 6.32. The Kier molecular flexibility index (Phi) is 5.55. The Balaban J connectivity index is 1.74. The second kappa shape index (κ2) is 7.65. The fraction of sp³-hybridized carbons (Fsp3) is 0.438. The molecule has 3 heterocycles. The molecule has 0 saturated carbocycles. The van der Waals surface area contributed by atoms with Gasteiger partial charge in [-0.05, 0) is 50.2 Å². The lowest BCUT2D eigenvalue weighted by molar-refractivity contribution is 0.147. The molecular formula is C16H20ClN3O3S. The summed E-state index contributed by atoms with van der Waals surface area (Å²) in [6, 6.07) is 6.50. The van der Waals surface area contributed by atoms with Crippen LogP contribution in [0.25, 0.3) is 0 Å². The highest BCUT2D eigenvalue weighted by atomic mass is 35.5. The number of nitrogens with one attached hydrogen (secondary N) is 1. The lowest BCUT2D eigenvalue weighted by Crippen LogP contribution is -2.40. The number of sulfonamides is 1. The van der Waals surface area contributed by atoms with Gasteiger partial charge in [-0.1, -0.05) is 18.0 Å². The summed E-state index contributed by atoms with van der Waals surface area (Å²) in [4.78, 5) is 6.20. The Bertz CT molecular complexity index is 741. The Morgan fingerprint density at radius 1 is 1.25 bits per heavy atom. The molecule has 2 aromatic rings. The number of hydrogen-bond acceptors (Lipinski definition) is 5. The van der Waals surface area contributed by atoms with E-state index in [0.29, 0.717) is 0 Å². The number of furan rings is 1. The van der Waals surface area contributed by atoms with Gasteiger partial charge in [0.05, 0.1) is 12.3 Å². The predicted molar refractivity (Wildman–Crippen MR) is 91.3 cm³/mol. The van der Waals surface area contributed by atoms with Crippen LogP contribution in [0.2, 0.25) is 5.15 Å². The van der Waals surface area contributed by atoms with Crippen molar-refractivity contribution in [3.05, 3.63) is 47.6 Å². The van der Waals surface area contributed by atoms with Gasteiger partial charge in [0.15, 0.2) is 0 Å². The monoisotopic (exact) mass is 369 g/mol. The van der Waals surface area contributed by atoms with Crippen molar-refractivity contribution in [1.82, 2.24) is 14.6 Å². The Hall–Kier alpha value is -1.41. The van der Waals surface area contributed by atoms with E-state index in [1.165, 1.54) is 24.8 Å². The fourth-order valence-electron chi connectivity index (χ4n) is 2.91. The molecule has 1 saturated heterocycles. The van der Waals surface area contributed by atoms with E-state index in [0.717, 1.165) is 31.7 Å². The van der Waals surface area contributed by atoms with Crippen LogP contribution in [-0.4, -0.2) is 37.9 Å². The van der Waals surface area contributed by atoms with Gasteiger partial charge < -0.3 is 4.42 Å². The zero-order chi connectivity index (χ0) is 17.0. The molecule has 0 radical (unpaired) electrons. The fourth-order valence-corrected chi connectivity index (χ4v) is 4.01. The lowest BCUT2D eigenvalue weighted by Gasteiger charge is -2.33. The van der Waals surface area contributed by atoms with Gasteiger partial charge >= 0.3 is 0 Å². The van der Waals surface area contributed by atoms with Gasteiger partial charge in [-0.2, -0.15) is 0 Å². The van der Waals surface area contributed by atoms with E-state index in [9.17, 15) is 8.42 Å². The van der Waals surface area contributed by atoms with Gasteiger partial charge in [0, 0.05) is 12.7 Å². The molecule has 0 amide bonds. The zero-order valence-corrected chi connectivity index (χ0v) is 14.8. The molecule has 0 aromatic carbocycles. The van der Waals surface area contributed by atoms with Gasteiger partial charge in [0.2, 0.25) is 10.0 Å². The number of aromatic nitrogens is 1. The van der Waals surface area contributed by atoms with E-state index in [1.807, 2.05) is 12.1 Å². The van der Waals surface area contributed by atoms with Crippen molar-refractivity contribution in [2.75, 3.05) is 19.6 Å². The molecule has 1 atom stereocenters.